The van der Waals surface area contributed by atoms with Gasteiger partial charge in [0.15, 0.2) is 0 Å². The van der Waals surface area contributed by atoms with Crippen molar-refractivity contribution in [3.63, 3.8) is 0 Å². The van der Waals surface area contributed by atoms with E-state index in [-0.39, 0.29) is 12.5 Å². The number of nitrogens with zero attached hydrogens (tertiary/aromatic N) is 1. The molecule has 92 valence electrons. The molecule has 4 heteroatoms. The van der Waals surface area contributed by atoms with Crippen molar-refractivity contribution in [2.24, 2.45) is 5.41 Å². The first kappa shape index (κ1) is 11.7. The van der Waals surface area contributed by atoms with Crippen LogP contribution < -0.4 is 5.46 Å². The van der Waals surface area contributed by atoms with Crippen LogP contribution in [0.2, 0.25) is 0 Å². The Morgan fingerprint density at radius 1 is 1.17 bits per heavy atom. The van der Waals surface area contributed by atoms with Crippen molar-refractivity contribution >= 4 is 23.4 Å². The maximum Gasteiger partial charge on any atom is 0.494 e. The maximum absolute atomic E-state index is 5.84. The van der Waals surface area contributed by atoms with Crippen molar-refractivity contribution < 1.29 is 9.31 Å². The third kappa shape index (κ3) is 2.14. The second-order valence-electron chi connectivity index (χ2n) is 5.56. The van der Waals surface area contributed by atoms with E-state index >= 15 is 0 Å². The van der Waals surface area contributed by atoms with E-state index < -0.39 is 0 Å². The van der Waals surface area contributed by atoms with E-state index in [1.165, 1.54) is 5.39 Å². The average molecular weight is 241 g/mol. The fourth-order valence-electron chi connectivity index (χ4n) is 2.21. The van der Waals surface area contributed by atoms with Crippen LogP contribution in [0.5, 0.6) is 0 Å². The first-order chi connectivity index (χ1) is 8.66. The van der Waals surface area contributed by atoms with Crippen LogP contribution >= 0.6 is 0 Å². The molecule has 0 unspecified atom stereocenters. The van der Waals surface area contributed by atoms with Crippen LogP contribution in [-0.2, 0) is 9.31 Å². The summed E-state index contributed by atoms with van der Waals surface area (Å²) in [4.78, 5) is 4.19. The van der Waals surface area contributed by atoms with Crippen molar-refractivity contribution in [1.29, 1.82) is 0 Å². The van der Waals surface area contributed by atoms with Gasteiger partial charge in [-0.25, -0.2) is 0 Å². The number of aromatic nitrogens is 1. The molecule has 1 aromatic heterocycles. The second-order valence-corrected chi connectivity index (χ2v) is 5.56. The highest BCUT2D eigenvalue weighted by Gasteiger charge is 2.34. The van der Waals surface area contributed by atoms with Crippen molar-refractivity contribution in [3.05, 3.63) is 36.7 Å². The minimum absolute atomic E-state index is 0.0966. The molecular weight excluding hydrogens is 225 g/mol. The quantitative estimate of drug-likeness (QED) is 0.715. The molecule has 1 fully saturated rings. The Balaban J connectivity index is 1.96. The van der Waals surface area contributed by atoms with Crippen molar-refractivity contribution in [2.45, 2.75) is 13.8 Å². The molecule has 0 radical (unpaired) electrons. The molecular formula is C14H16BNO2. The van der Waals surface area contributed by atoms with E-state index in [1.54, 1.807) is 6.20 Å². The molecule has 3 rings (SSSR count). The zero-order valence-corrected chi connectivity index (χ0v) is 10.7. The van der Waals surface area contributed by atoms with Crippen LogP contribution in [0.1, 0.15) is 13.8 Å². The number of pyridine rings is 1. The Labute approximate surface area is 107 Å². The Bertz CT molecular complexity index is 555. The predicted octanol–water partition coefficient (Wildman–Crippen LogP) is 2.00. The molecule has 0 N–H and O–H groups in total. The molecule has 1 aromatic carbocycles. The fourth-order valence-corrected chi connectivity index (χ4v) is 2.21. The Morgan fingerprint density at radius 3 is 2.72 bits per heavy atom. The number of hydrogen-bond acceptors (Lipinski definition) is 3. The van der Waals surface area contributed by atoms with Gasteiger partial charge in [-0.15, -0.1) is 0 Å². The zero-order chi connectivity index (χ0) is 12.6. The third-order valence-electron chi connectivity index (χ3n) is 3.22. The molecule has 2 heterocycles. The van der Waals surface area contributed by atoms with Crippen LogP contribution in [0, 0.1) is 5.41 Å². The van der Waals surface area contributed by atoms with E-state index in [2.05, 4.69) is 24.9 Å². The van der Waals surface area contributed by atoms with Gasteiger partial charge in [-0.3, -0.25) is 4.98 Å². The maximum atomic E-state index is 5.84. The summed E-state index contributed by atoms with van der Waals surface area (Å²) in [7, 11) is -0.272. The highest BCUT2D eigenvalue weighted by molar-refractivity contribution is 6.64. The first-order valence-electron chi connectivity index (χ1n) is 6.22. The molecule has 0 atom stereocenters. The van der Waals surface area contributed by atoms with Crippen LogP contribution in [-0.4, -0.2) is 25.3 Å². The summed E-state index contributed by atoms with van der Waals surface area (Å²) in [5, 5.41) is 2.27. The average Bonchev–Trinajstić information content (AvgIpc) is 2.38. The number of fused-ring (bicyclic) bond motifs is 1. The summed E-state index contributed by atoms with van der Waals surface area (Å²) < 4.78 is 11.7. The highest BCUT2D eigenvalue weighted by Crippen LogP contribution is 2.22. The Kier molecular flexibility index (Phi) is 2.84. The summed E-state index contributed by atoms with van der Waals surface area (Å²) >= 11 is 0. The fraction of sp³-hybridized carbons (Fsp3) is 0.357. The Hall–Kier alpha value is -1.39. The predicted molar refractivity (Wildman–Crippen MR) is 72.8 cm³/mol. The number of hydrogen-bond donors (Lipinski definition) is 0. The van der Waals surface area contributed by atoms with Crippen LogP contribution in [0.15, 0.2) is 36.7 Å². The summed E-state index contributed by atoms with van der Waals surface area (Å²) in [5.41, 5.74) is 1.16. The van der Waals surface area contributed by atoms with Gasteiger partial charge in [0.25, 0.3) is 0 Å². The summed E-state index contributed by atoms with van der Waals surface area (Å²) in [5.74, 6) is 0. The molecule has 1 aliphatic heterocycles. The molecule has 0 aliphatic carbocycles. The second kappa shape index (κ2) is 4.37. The third-order valence-corrected chi connectivity index (χ3v) is 3.22. The lowest BCUT2D eigenvalue weighted by Crippen LogP contribution is -2.47. The molecule has 1 aliphatic rings. The lowest BCUT2D eigenvalue weighted by atomic mass is 9.74. The topological polar surface area (TPSA) is 31.4 Å². The zero-order valence-electron chi connectivity index (χ0n) is 10.7. The minimum Gasteiger partial charge on any atom is -0.407 e. The molecule has 2 aromatic rings. The summed E-state index contributed by atoms with van der Waals surface area (Å²) in [6.45, 7) is 5.73. The minimum atomic E-state index is -0.272. The molecule has 0 bridgehead atoms. The SMILES string of the molecule is CC1(C)COB(c2cccc3ccncc23)OC1. The molecule has 0 spiro atoms. The lowest BCUT2D eigenvalue weighted by Gasteiger charge is -2.33. The monoisotopic (exact) mass is 241 g/mol. The first-order valence-corrected chi connectivity index (χ1v) is 6.22. The summed E-state index contributed by atoms with van der Waals surface area (Å²) in [6.07, 6.45) is 3.68. The van der Waals surface area contributed by atoms with Crippen molar-refractivity contribution in [1.82, 2.24) is 4.98 Å². The number of rotatable bonds is 1. The van der Waals surface area contributed by atoms with Crippen molar-refractivity contribution in [2.75, 3.05) is 13.2 Å². The van der Waals surface area contributed by atoms with Gasteiger partial charge in [0.05, 0.1) is 0 Å². The molecule has 0 saturated carbocycles. The Morgan fingerprint density at radius 2 is 1.94 bits per heavy atom. The lowest BCUT2D eigenvalue weighted by molar-refractivity contribution is 0.0344. The molecule has 1 saturated heterocycles. The molecule has 0 amide bonds. The van der Waals surface area contributed by atoms with E-state index in [9.17, 15) is 0 Å². The van der Waals surface area contributed by atoms with E-state index in [4.69, 9.17) is 9.31 Å². The van der Waals surface area contributed by atoms with Gasteiger partial charge in [0.2, 0.25) is 0 Å². The smallest absolute Gasteiger partial charge is 0.407 e. The summed E-state index contributed by atoms with van der Waals surface area (Å²) in [6, 6.07) is 8.16. The van der Waals surface area contributed by atoms with Gasteiger partial charge < -0.3 is 9.31 Å². The van der Waals surface area contributed by atoms with E-state index in [0.29, 0.717) is 13.2 Å². The van der Waals surface area contributed by atoms with Crippen LogP contribution in [0.3, 0.4) is 0 Å². The van der Waals surface area contributed by atoms with E-state index in [1.807, 2.05) is 24.4 Å². The van der Waals surface area contributed by atoms with Gasteiger partial charge in [0.1, 0.15) is 0 Å². The van der Waals surface area contributed by atoms with Gasteiger partial charge in [0, 0.05) is 31.0 Å². The molecule has 18 heavy (non-hydrogen) atoms. The largest absolute Gasteiger partial charge is 0.494 e. The normalized spacial score (nSPS) is 19.1. The van der Waals surface area contributed by atoms with Gasteiger partial charge in [-0.2, -0.15) is 0 Å². The highest BCUT2D eigenvalue weighted by atomic mass is 16.6. The van der Waals surface area contributed by atoms with Gasteiger partial charge >= 0.3 is 7.12 Å². The molecule has 3 nitrogen and oxygen atoms in total. The van der Waals surface area contributed by atoms with Gasteiger partial charge in [-0.1, -0.05) is 32.0 Å². The van der Waals surface area contributed by atoms with Gasteiger partial charge in [-0.05, 0) is 22.3 Å². The van der Waals surface area contributed by atoms with Crippen LogP contribution in [0.4, 0.5) is 0 Å². The van der Waals surface area contributed by atoms with Crippen molar-refractivity contribution in [3.8, 4) is 0 Å². The number of benzene rings is 1. The van der Waals surface area contributed by atoms with Crippen LogP contribution in [0.25, 0.3) is 10.8 Å². The van der Waals surface area contributed by atoms with E-state index in [0.717, 1.165) is 10.8 Å². The standard InChI is InChI=1S/C14H16BNO2/c1-14(2)9-17-15(18-10-14)13-5-3-4-11-6-7-16-8-12(11)13/h3-8H,9-10H2,1-2H3.